The van der Waals surface area contributed by atoms with Crippen molar-refractivity contribution >= 4 is 17.4 Å². The summed E-state index contributed by atoms with van der Waals surface area (Å²) in [5, 5.41) is 10.8. The fraction of sp³-hybridized carbons (Fsp3) is 0.600. The van der Waals surface area contributed by atoms with Gasteiger partial charge in [0, 0.05) is 27.1 Å². The molecule has 158 valence electrons. The van der Waals surface area contributed by atoms with Crippen molar-refractivity contribution in [2.24, 2.45) is 11.6 Å². The molecular weight excluding hydrogens is 358 g/mol. The summed E-state index contributed by atoms with van der Waals surface area (Å²) in [6, 6.07) is 4.00. The molecule has 0 atom stereocenters. The van der Waals surface area contributed by atoms with E-state index in [9.17, 15) is 9.90 Å². The molecule has 0 saturated carbocycles. The number of ether oxygens (including phenoxy) is 1. The van der Waals surface area contributed by atoms with Gasteiger partial charge in [0.05, 0.1) is 41.7 Å². The van der Waals surface area contributed by atoms with Crippen molar-refractivity contribution in [2.75, 3.05) is 38.3 Å². The van der Waals surface area contributed by atoms with Crippen LogP contribution in [0.5, 0.6) is 0 Å². The quantitative estimate of drug-likeness (QED) is 0.379. The summed E-state index contributed by atoms with van der Waals surface area (Å²) in [4.78, 5) is 16.9. The van der Waals surface area contributed by atoms with E-state index in [1.165, 1.54) is 36.9 Å². The standard InChI is InChI=1S/C16H27N5O.C4H8O2/c1-3-12-14(21-9-5-4-6-10-21)8-7-13(19-12)16(17)15(11-22)20(2)18;1-3-6-4(2)5/h7-8,22H,3-6,9-11,17-18H2,1-2H3;3H2,1-2H3/b16-15-;. The minimum absolute atomic E-state index is 0.211. The summed E-state index contributed by atoms with van der Waals surface area (Å²) in [6.07, 6.45) is 4.63. The minimum atomic E-state index is -0.212. The third kappa shape index (κ3) is 7.01. The predicted molar refractivity (Wildman–Crippen MR) is 112 cm³/mol. The van der Waals surface area contributed by atoms with E-state index in [-0.39, 0.29) is 12.6 Å². The number of esters is 1. The van der Waals surface area contributed by atoms with Crippen LogP contribution in [0.1, 0.15) is 51.4 Å². The molecule has 1 aromatic rings. The van der Waals surface area contributed by atoms with E-state index in [1.807, 2.05) is 6.07 Å². The molecule has 28 heavy (non-hydrogen) atoms. The van der Waals surface area contributed by atoms with Gasteiger partial charge in [0.15, 0.2) is 0 Å². The Hall–Kier alpha value is -2.32. The maximum Gasteiger partial charge on any atom is 0.302 e. The number of nitrogens with two attached hydrogens (primary N) is 2. The van der Waals surface area contributed by atoms with Gasteiger partial charge < -0.3 is 25.5 Å². The third-order valence-corrected chi connectivity index (χ3v) is 4.49. The molecular formula is C20H35N5O3. The molecule has 0 bridgehead atoms. The van der Waals surface area contributed by atoms with Gasteiger partial charge in [-0.15, -0.1) is 0 Å². The summed E-state index contributed by atoms with van der Waals surface area (Å²) < 4.78 is 4.40. The van der Waals surface area contributed by atoms with Crippen LogP contribution in [0, 0.1) is 0 Å². The summed E-state index contributed by atoms with van der Waals surface area (Å²) in [6.45, 7) is 7.72. The first-order chi connectivity index (χ1) is 13.3. The van der Waals surface area contributed by atoms with E-state index in [2.05, 4.69) is 22.6 Å². The number of aryl methyl sites for hydroxylation is 1. The van der Waals surface area contributed by atoms with Crippen LogP contribution >= 0.6 is 0 Å². The van der Waals surface area contributed by atoms with E-state index in [4.69, 9.17) is 16.6 Å². The number of hydrogen-bond acceptors (Lipinski definition) is 8. The second-order valence-corrected chi connectivity index (χ2v) is 6.62. The summed E-state index contributed by atoms with van der Waals surface area (Å²) >= 11 is 0. The lowest BCUT2D eigenvalue weighted by molar-refractivity contribution is -0.140. The minimum Gasteiger partial charge on any atom is -0.466 e. The van der Waals surface area contributed by atoms with Gasteiger partial charge in [0.25, 0.3) is 0 Å². The molecule has 1 aromatic heterocycles. The number of aliphatic hydroxyl groups excluding tert-OH is 1. The Balaban J connectivity index is 0.000000568. The van der Waals surface area contributed by atoms with Gasteiger partial charge in [-0.3, -0.25) is 4.79 Å². The number of carbonyl (C=O) groups excluding carboxylic acids is 1. The van der Waals surface area contributed by atoms with Gasteiger partial charge in [0.2, 0.25) is 0 Å². The van der Waals surface area contributed by atoms with E-state index >= 15 is 0 Å². The first-order valence-corrected chi connectivity index (χ1v) is 9.82. The zero-order chi connectivity index (χ0) is 21.1. The highest BCUT2D eigenvalue weighted by Gasteiger charge is 2.17. The number of nitrogens with zero attached hydrogens (tertiary/aromatic N) is 3. The van der Waals surface area contributed by atoms with Crippen LogP contribution in [0.25, 0.3) is 5.70 Å². The average molecular weight is 394 g/mol. The predicted octanol–water partition coefficient (Wildman–Crippen LogP) is 1.63. The van der Waals surface area contributed by atoms with Crippen molar-refractivity contribution in [3.8, 4) is 0 Å². The molecule has 5 N–H and O–H groups in total. The van der Waals surface area contributed by atoms with Crippen molar-refractivity contribution in [1.29, 1.82) is 0 Å². The normalized spacial score (nSPS) is 14.6. The Kier molecular flexibility index (Phi) is 10.3. The van der Waals surface area contributed by atoms with Crippen LogP contribution in [0.2, 0.25) is 0 Å². The van der Waals surface area contributed by atoms with Crippen molar-refractivity contribution in [2.45, 2.75) is 46.5 Å². The molecule has 8 nitrogen and oxygen atoms in total. The molecule has 8 heteroatoms. The monoisotopic (exact) mass is 393 g/mol. The van der Waals surface area contributed by atoms with Crippen LogP contribution < -0.4 is 16.5 Å². The first-order valence-electron chi connectivity index (χ1n) is 9.82. The van der Waals surface area contributed by atoms with E-state index in [0.29, 0.717) is 23.7 Å². The number of likely N-dealkylation sites (N-methyl/N-ethyl adjacent to an activating group) is 1. The van der Waals surface area contributed by atoms with Crippen LogP contribution in [0.4, 0.5) is 5.69 Å². The number of aliphatic hydroxyl groups is 1. The van der Waals surface area contributed by atoms with Gasteiger partial charge in [-0.2, -0.15) is 0 Å². The van der Waals surface area contributed by atoms with Crippen molar-refractivity contribution in [1.82, 2.24) is 9.99 Å². The van der Waals surface area contributed by atoms with Crippen molar-refractivity contribution in [3.63, 3.8) is 0 Å². The molecule has 1 fully saturated rings. The van der Waals surface area contributed by atoms with Crippen LogP contribution in [-0.2, 0) is 16.0 Å². The van der Waals surface area contributed by atoms with E-state index in [0.717, 1.165) is 25.2 Å². The Bertz CT molecular complexity index is 655. The number of anilines is 1. The molecule has 0 aromatic carbocycles. The molecule has 1 aliphatic rings. The Morgan fingerprint density at radius 1 is 1.29 bits per heavy atom. The van der Waals surface area contributed by atoms with Crippen LogP contribution in [0.3, 0.4) is 0 Å². The Morgan fingerprint density at radius 3 is 2.36 bits per heavy atom. The molecule has 2 heterocycles. The summed E-state index contributed by atoms with van der Waals surface area (Å²) in [5.41, 5.74) is 9.93. The lowest BCUT2D eigenvalue weighted by Crippen LogP contribution is -2.31. The number of hydrazine groups is 1. The van der Waals surface area contributed by atoms with Gasteiger partial charge in [0.1, 0.15) is 0 Å². The van der Waals surface area contributed by atoms with Gasteiger partial charge in [-0.05, 0) is 44.7 Å². The lowest BCUT2D eigenvalue weighted by Gasteiger charge is -2.30. The third-order valence-electron chi connectivity index (χ3n) is 4.49. The molecule has 0 amide bonds. The molecule has 0 radical (unpaired) electrons. The number of aromatic nitrogens is 1. The Labute approximate surface area is 168 Å². The molecule has 0 unspecified atom stereocenters. The first kappa shape index (κ1) is 23.7. The highest BCUT2D eigenvalue weighted by atomic mass is 16.5. The largest absolute Gasteiger partial charge is 0.466 e. The molecule has 1 saturated heterocycles. The van der Waals surface area contributed by atoms with Crippen molar-refractivity contribution in [3.05, 3.63) is 29.2 Å². The highest BCUT2D eigenvalue weighted by molar-refractivity contribution is 5.66. The number of rotatable bonds is 6. The average Bonchev–Trinajstić information content (AvgIpc) is 2.68. The zero-order valence-corrected chi connectivity index (χ0v) is 17.6. The van der Waals surface area contributed by atoms with Crippen LogP contribution in [-0.4, -0.2) is 54.4 Å². The fourth-order valence-corrected chi connectivity index (χ4v) is 3.06. The summed E-state index contributed by atoms with van der Waals surface area (Å²) in [7, 11) is 1.65. The molecule has 0 aliphatic carbocycles. The van der Waals surface area contributed by atoms with Crippen molar-refractivity contribution < 1.29 is 14.6 Å². The maximum absolute atomic E-state index is 9.82. The number of hydrogen-bond donors (Lipinski definition) is 3. The van der Waals surface area contributed by atoms with Gasteiger partial charge in [-0.1, -0.05) is 6.92 Å². The van der Waals surface area contributed by atoms with Gasteiger partial charge >= 0.3 is 5.97 Å². The number of pyridine rings is 1. The topological polar surface area (TPSA) is 118 Å². The smallest absolute Gasteiger partial charge is 0.302 e. The number of piperidine rings is 1. The lowest BCUT2D eigenvalue weighted by atomic mass is 10.1. The second-order valence-electron chi connectivity index (χ2n) is 6.62. The van der Waals surface area contributed by atoms with E-state index in [1.54, 1.807) is 14.0 Å². The Morgan fingerprint density at radius 2 is 1.93 bits per heavy atom. The van der Waals surface area contributed by atoms with Gasteiger partial charge in [-0.25, -0.2) is 10.8 Å². The molecule has 2 rings (SSSR count). The second kappa shape index (κ2) is 12.2. The fourth-order valence-electron chi connectivity index (χ4n) is 3.06. The van der Waals surface area contributed by atoms with Crippen LogP contribution in [0.15, 0.2) is 17.8 Å². The SMILES string of the molecule is CCOC(C)=O.CCc1nc(/C(N)=C(\CO)N(C)N)ccc1N1CCCCC1. The molecule has 0 spiro atoms. The highest BCUT2D eigenvalue weighted by Crippen LogP contribution is 2.25. The summed E-state index contributed by atoms with van der Waals surface area (Å²) in [5.74, 6) is 5.49. The van der Waals surface area contributed by atoms with E-state index < -0.39 is 0 Å². The maximum atomic E-state index is 9.82. The molecule has 1 aliphatic heterocycles. The zero-order valence-electron chi connectivity index (χ0n) is 17.6. The number of carbonyl (C=O) groups is 1.